The molecule has 0 bridgehead atoms. The van der Waals surface area contributed by atoms with E-state index in [1.165, 1.54) is 30.3 Å². The molecule has 8 heteroatoms. The first-order chi connectivity index (χ1) is 12.3. The second kappa shape index (κ2) is 7.27. The molecule has 0 spiro atoms. The minimum atomic E-state index is -3.37. The van der Waals surface area contributed by atoms with Gasteiger partial charge in [-0.15, -0.1) is 11.3 Å². The van der Waals surface area contributed by atoms with Crippen molar-refractivity contribution in [3.8, 4) is 16.2 Å². The Labute approximate surface area is 154 Å². The average molecular weight is 391 g/mol. The molecule has 0 fully saturated rings. The molecule has 0 saturated carbocycles. The standard InChI is InChI=1S/C18H14FNO4S2/c1-26(22,23)20-12-6-8-13(9-7-12)24-18(21)17-11-10-16(25-17)14-4-2-3-5-15(14)19/h2-11,20H,1H3. The number of halogens is 1. The topological polar surface area (TPSA) is 72.5 Å². The number of hydrogen-bond acceptors (Lipinski definition) is 5. The number of esters is 1. The maximum absolute atomic E-state index is 13.8. The van der Waals surface area contributed by atoms with Crippen LogP contribution in [0.2, 0.25) is 0 Å². The number of ether oxygens (including phenoxy) is 1. The van der Waals surface area contributed by atoms with Crippen molar-refractivity contribution in [2.45, 2.75) is 0 Å². The third-order valence-electron chi connectivity index (χ3n) is 3.31. The minimum absolute atomic E-state index is 0.273. The molecule has 134 valence electrons. The number of sulfonamides is 1. The molecule has 26 heavy (non-hydrogen) atoms. The molecular weight excluding hydrogens is 377 g/mol. The summed E-state index contributed by atoms with van der Waals surface area (Å²) in [5, 5.41) is 0. The van der Waals surface area contributed by atoms with E-state index in [4.69, 9.17) is 4.74 Å². The van der Waals surface area contributed by atoms with Crippen LogP contribution in [-0.2, 0) is 10.0 Å². The molecule has 0 saturated heterocycles. The monoisotopic (exact) mass is 391 g/mol. The van der Waals surface area contributed by atoms with E-state index >= 15 is 0 Å². The Bertz CT molecular complexity index is 1040. The summed E-state index contributed by atoms with van der Waals surface area (Å²) in [6.07, 6.45) is 1.05. The molecule has 5 nitrogen and oxygen atoms in total. The summed E-state index contributed by atoms with van der Waals surface area (Å²) in [5.74, 6) is -0.653. The first-order valence-corrected chi connectivity index (χ1v) is 10.2. The van der Waals surface area contributed by atoms with Crippen LogP contribution in [0, 0.1) is 5.82 Å². The molecule has 3 aromatic rings. The zero-order valence-corrected chi connectivity index (χ0v) is 15.2. The van der Waals surface area contributed by atoms with Crippen LogP contribution in [0.3, 0.4) is 0 Å². The van der Waals surface area contributed by atoms with Gasteiger partial charge in [-0.25, -0.2) is 17.6 Å². The number of carbonyl (C=O) groups excluding carboxylic acids is 1. The number of benzene rings is 2. The minimum Gasteiger partial charge on any atom is -0.422 e. The van der Waals surface area contributed by atoms with Gasteiger partial charge in [0.1, 0.15) is 16.4 Å². The Kier molecular flexibility index (Phi) is 5.06. The molecule has 0 radical (unpaired) electrons. The van der Waals surface area contributed by atoms with E-state index in [0.29, 0.717) is 21.0 Å². The summed E-state index contributed by atoms with van der Waals surface area (Å²) in [6, 6.07) is 15.5. The highest BCUT2D eigenvalue weighted by molar-refractivity contribution is 7.92. The fourth-order valence-electron chi connectivity index (χ4n) is 2.22. The van der Waals surface area contributed by atoms with Crippen LogP contribution in [0.4, 0.5) is 10.1 Å². The number of thiophene rings is 1. The Morgan fingerprint density at radius 2 is 1.73 bits per heavy atom. The largest absolute Gasteiger partial charge is 0.422 e. The van der Waals surface area contributed by atoms with Crippen LogP contribution in [0.15, 0.2) is 60.7 Å². The SMILES string of the molecule is CS(=O)(=O)Nc1ccc(OC(=O)c2ccc(-c3ccccc3F)s2)cc1. The highest BCUT2D eigenvalue weighted by atomic mass is 32.2. The summed E-state index contributed by atoms with van der Waals surface area (Å²) < 4.78 is 43.8. The molecule has 1 heterocycles. The fourth-order valence-corrected chi connectivity index (χ4v) is 3.69. The van der Waals surface area contributed by atoms with Gasteiger partial charge in [-0.2, -0.15) is 0 Å². The van der Waals surface area contributed by atoms with Crippen LogP contribution >= 0.6 is 11.3 Å². The summed E-state index contributed by atoms with van der Waals surface area (Å²) in [5.41, 5.74) is 0.790. The van der Waals surface area contributed by atoms with Crippen LogP contribution < -0.4 is 9.46 Å². The highest BCUT2D eigenvalue weighted by Gasteiger charge is 2.14. The van der Waals surface area contributed by atoms with E-state index in [9.17, 15) is 17.6 Å². The second-order valence-corrected chi connectivity index (χ2v) is 8.26. The molecule has 2 aromatic carbocycles. The van der Waals surface area contributed by atoms with Gasteiger partial charge in [-0.1, -0.05) is 18.2 Å². The third kappa shape index (κ3) is 4.47. The smallest absolute Gasteiger partial charge is 0.353 e. The lowest BCUT2D eigenvalue weighted by Crippen LogP contribution is -2.09. The number of carbonyl (C=O) groups is 1. The Morgan fingerprint density at radius 1 is 1.04 bits per heavy atom. The number of rotatable bonds is 5. The van der Waals surface area contributed by atoms with Gasteiger partial charge in [-0.05, 0) is 42.5 Å². The summed E-state index contributed by atoms with van der Waals surface area (Å²) in [6.45, 7) is 0. The lowest BCUT2D eigenvalue weighted by molar-refractivity contribution is 0.0740. The normalized spacial score (nSPS) is 11.2. The van der Waals surface area contributed by atoms with Crippen LogP contribution in [-0.4, -0.2) is 20.6 Å². The molecule has 0 atom stereocenters. The predicted octanol–water partition coefficient (Wildman–Crippen LogP) is 4.14. The zero-order valence-electron chi connectivity index (χ0n) is 13.6. The van der Waals surface area contributed by atoms with Gasteiger partial charge in [0, 0.05) is 16.1 Å². The first-order valence-electron chi connectivity index (χ1n) is 7.46. The van der Waals surface area contributed by atoms with Crippen molar-refractivity contribution >= 4 is 33.0 Å². The van der Waals surface area contributed by atoms with Gasteiger partial charge < -0.3 is 4.74 Å². The summed E-state index contributed by atoms with van der Waals surface area (Å²) >= 11 is 1.13. The van der Waals surface area contributed by atoms with Crippen molar-refractivity contribution in [1.82, 2.24) is 0 Å². The van der Waals surface area contributed by atoms with E-state index in [1.54, 1.807) is 30.3 Å². The number of hydrogen-bond donors (Lipinski definition) is 1. The van der Waals surface area contributed by atoms with Gasteiger partial charge in [0.05, 0.1) is 6.26 Å². The fraction of sp³-hybridized carbons (Fsp3) is 0.0556. The number of nitrogens with one attached hydrogen (secondary N) is 1. The molecule has 3 rings (SSSR count). The Morgan fingerprint density at radius 3 is 2.38 bits per heavy atom. The van der Waals surface area contributed by atoms with Gasteiger partial charge in [-0.3, -0.25) is 4.72 Å². The molecule has 0 amide bonds. The number of anilines is 1. The van der Waals surface area contributed by atoms with Gasteiger partial charge in [0.15, 0.2) is 0 Å². The molecule has 0 aliphatic heterocycles. The molecule has 1 N–H and O–H groups in total. The van der Waals surface area contributed by atoms with Crippen LogP contribution in [0.5, 0.6) is 5.75 Å². The first kappa shape index (κ1) is 18.1. The van der Waals surface area contributed by atoms with Crippen molar-refractivity contribution < 1.29 is 22.3 Å². The summed E-state index contributed by atoms with van der Waals surface area (Å²) in [7, 11) is -3.37. The second-order valence-electron chi connectivity index (χ2n) is 5.43. The predicted molar refractivity (Wildman–Crippen MR) is 99.6 cm³/mol. The Balaban J connectivity index is 1.72. The van der Waals surface area contributed by atoms with Crippen molar-refractivity contribution in [3.63, 3.8) is 0 Å². The van der Waals surface area contributed by atoms with E-state index in [2.05, 4.69) is 4.72 Å². The summed E-state index contributed by atoms with van der Waals surface area (Å²) in [4.78, 5) is 13.2. The lowest BCUT2D eigenvalue weighted by atomic mass is 10.2. The van der Waals surface area contributed by atoms with Gasteiger partial charge in [0.25, 0.3) is 0 Å². The molecule has 0 aliphatic rings. The molecular formula is C18H14FNO4S2. The van der Waals surface area contributed by atoms with Crippen molar-refractivity contribution in [1.29, 1.82) is 0 Å². The maximum Gasteiger partial charge on any atom is 0.353 e. The van der Waals surface area contributed by atoms with Crippen molar-refractivity contribution in [2.75, 3.05) is 11.0 Å². The highest BCUT2D eigenvalue weighted by Crippen LogP contribution is 2.30. The van der Waals surface area contributed by atoms with E-state index in [0.717, 1.165) is 17.6 Å². The Hall–Kier alpha value is -2.71. The molecule has 0 aliphatic carbocycles. The van der Waals surface area contributed by atoms with Gasteiger partial charge >= 0.3 is 5.97 Å². The third-order valence-corrected chi connectivity index (χ3v) is 5.02. The quantitative estimate of drug-likeness (QED) is 0.524. The zero-order chi connectivity index (χ0) is 18.7. The van der Waals surface area contributed by atoms with E-state index in [1.807, 2.05) is 0 Å². The lowest BCUT2D eigenvalue weighted by Gasteiger charge is -2.06. The van der Waals surface area contributed by atoms with Crippen molar-refractivity contribution in [3.05, 3.63) is 71.4 Å². The van der Waals surface area contributed by atoms with Crippen LogP contribution in [0.1, 0.15) is 9.67 Å². The maximum atomic E-state index is 13.8. The van der Waals surface area contributed by atoms with E-state index < -0.39 is 16.0 Å². The van der Waals surface area contributed by atoms with Gasteiger partial charge in [0.2, 0.25) is 10.0 Å². The molecule has 0 unspecified atom stereocenters. The van der Waals surface area contributed by atoms with Crippen LogP contribution in [0.25, 0.3) is 10.4 Å². The van der Waals surface area contributed by atoms with Crippen molar-refractivity contribution in [2.24, 2.45) is 0 Å². The van der Waals surface area contributed by atoms with E-state index in [-0.39, 0.29) is 11.6 Å². The molecule has 1 aromatic heterocycles. The average Bonchev–Trinajstić information content (AvgIpc) is 3.06.